The number of benzene rings is 1. The molecule has 0 amide bonds. The summed E-state index contributed by atoms with van der Waals surface area (Å²) in [6, 6.07) is -0.337. The number of primary sulfonamides is 1. The predicted molar refractivity (Wildman–Crippen MR) is 52.2 cm³/mol. The Balaban J connectivity index is 3.76. The van der Waals surface area contributed by atoms with Gasteiger partial charge in [-0.2, -0.15) is 26.3 Å². The summed E-state index contributed by atoms with van der Waals surface area (Å²) in [5.41, 5.74) is -0.269. The molecule has 1 aromatic carbocycles. The fourth-order valence-corrected chi connectivity index (χ4v) is 1.98. The molecule has 0 saturated heterocycles. The van der Waals surface area contributed by atoms with Crippen molar-refractivity contribution in [2.24, 2.45) is 5.14 Å². The van der Waals surface area contributed by atoms with Crippen LogP contribution in [-0.2, 0) is 22.4 Å². The Labute approximate surface area is 103 Å². The summed E-state index contributed by atoms with van der Waals surface area (Å²) in [7, 11) is -4.67. The zero-order chi connectivity index (χ0) is 15.2. The molecule has 19 heavy (non-hydrogen) atoms. The van der Waals surface area contributed by atoms with E-state index < -0.39 is 44.1 Å². The first-order valence-electron chi connectivity index (χ1n) is 4.35. The van der Waals surface area contributed by atoms with Crippen LogP contribution >= 0.6 is 0 Å². The van der Waals surface area contributed by atoms with E-state index in [-0.39, 0.29) is 12.1 Å². The lowest BCUT2D eigenvalue weighted by Crippen LogP contribution is -2.21. The fraction of sp³-hybridized carbons (Fsp3) is 0.250. The lowest BCUT2D eigenvalue weighted by Gasteiger charge is -2.17. The van der Waals surface area contributed by atoms with Gasteiger partial charge in [-0.05, 0) is 12.1 Å². The van der Waals surface area contributed by atoms with E-state index in [0.29, 0.717) is 0 Å². The monoisotopic (exact) mass is 308 g/mol. The van der Waals surface area contributed by atoms with Gasteiger partial charge < -0.3 is 5.73 Å². The number of nitrogens with two attached hydrogens (primary N) is 2. The summed E-state index contributed by atoms with van der Waals surface area (Å²) in [6.07, 6.45) is -10.7. The number of alkyl halides is 6. The van der Waals surface area contributed by atoms with Crippen molar-refractivity contribution >= 4 is 15.7 Å². The smallest absolute Gasteiger partial charge is 0.398 e. The van der Waals surface area contributed by atoms with Crippen LogP contribution in [0.1, 0.15) is 11.1 Å². The van der Waals surface area contributed by atoms with Crippen molar-refractivity contribution in [2.75, 3.05) is 5.73 Å². The third-order valence-corrected chi connectivity index (χ3v) is 3.03. The highest BCUT2D eigenvalue weighted by Gasteiger charge is 2.44. The number of sulfonamides is 1. The van der Waals surface area contributed by atoms with Crippen molar-refractivity contribution in [1.29, 1.82) is 0 Å². The number of hydrogen-bond donors (Lipinski definition) is 2. The number of hydrogen-bond acceptors (Lipinski definition) is 3. The summed E-state index contributed by atoms with van der Waals surface area (Å²) in [5, 5.41) is 4.57. The molecule has 0 spiro atoms. The van der Waals surface area contributed by atoms with Gasteiger partial charge in [0.2, 0.25) is 10.0 Å². The fourth-order valence-electron chi connectivity index (χ4n) is 1.31. The van der Waals surface area contributed by atoms with Gasteiger partial charge in [0.1, 0.15) is 4.90 Å². The zero-order valence-electron chi connectivity index (χ0n) is 8.80. The second kappa shape index (κ2) is 4.27. The molecule has 0 heterocycles. The van der Waals surface area contributed by atoms with E-state index in [2.05, 4.69) is 5.14 Å². The Morgan fingerprint density at radius 2 is 1.26 bits per heavy atom. The molecule has 11 heteroatoms. The Kier molecular flexibility index (Phi) is 3.50. The van der Waals surface area contributed by atoms with Crippen molar-refractivity contribution in [3.05, 3.63) is 23.3 Å². The summed E-state index contributed by atoms with van der Waals surface area (Å²) in [5.74, 6) is 0. The summed E-state index contributed by atoms with van der Waals surface area (Å²) in [4.78, 5) is -1.21. The molecule has 0 unspecified atom stereocenters. The maximum absolute atomic E-state index is 12.5. The molecule has 1 aromatic rings. The normalized spacial score (nSPS) is 13.6. The second-order valence-corrected chi connectivity index (χ2v) is 5.01. The van der Waals surface area contributed by atoms with Gasteiger partial charge >= 0.3 is 12.4 Å². The van der Waals surface area contributed by atoms with Crippen LogP contribution in [0.4, 0.5) is 32.0 Å². The average molecular weight is 308 g/mol. The van der Waals surface area contributed by atoms with E-state index >= 15 is 0 Å². The molecule has 0 saturated carbocycles. The molecule has 0 aliphatic carbocycles. The van der Waals surface area contributed by atoms with Crippen molar-refractivity contribution < 1.29 is 34.8 Å². The van der Waals surface area contributed by atoms with Crippen molar-refractivity contribution in [3.8, 4) is 0 Å². The first kappa shape index (κ1) is 15.6. The van der Waals surface area contributed by atoms with Crippen molar-refractivity contribution in [2.45, 2.75) is 17.2 Å². The summed E-state index contributed by atoms with van der Waals surface area (Å²) >= 11 is 0. The van der Waals surface area contributed by atoms with Gasteiger partial charge in [-0.3, -0.25) is 0 Å². The van der Waals surface area contributed by atoms with E-state index in [9.17, 15) is 34.8 Å². The standard InChI is InChI=1S/C8H6F6N2O2S/c9-7(10,11)3-1-5(15)6(19(16,17)18)2-4(3)8(12,13)14/h1-2H,15H2,(H2,16,17,18). The molecule has 4 nitrogen and oxygen atoms in total. The minimum absolute atomic E-state index is 0.109. The minimum Gasteiger partial charge on any atom is -0.398 e. The lowest BCUT2D eigenvalue weighted by molar-refractivity contribution is -0.162. The van der Waals surface area contributed by atoms with Crippen LogP contribution in [0.3, 0.4) is 0 Å². The Morgan fingerprint density at radius 3 is 1.58 bits per heavy atom. The Hall–Kier alpha value is -1.49. The van der Waals surface area contributed by atoms with Crippen LogP contribution in [0.25, 0.3) is 0 Å². The van der Waals surface area contributed by atoms with Gasteiger partial charge in [0.15, 0.2) is 0 Å². The molecule has 4 N–H and O–H groups in total. The topological polar surface area (TPSA) is 86.2 Å². The van der Waals surface area contributed by atoms with Crippen molar-refractivity contribution in [1.82, 2.24) is 0 Å². The van der Waals surface area contributed by atoms with Gasteiger partial charge in [0, 0.05) is 0 Å². The Morgan fingerprint density at radius 1 is 0.895 bits per heavy atom. The SMILES string of the molecule is Nc1cc(C(F)(F)F)c(C(F)(F)F)cc1S(N)(=O)=O. The average Bonchev–Trinajstić information content (AvgIpc) is 2.11. The van der Waals surface area contributed by atoms with E-state index in [1.807, 2.05) is 0 Å². The van der Waals surface area contributed by atoms with Gasteiger partial charge in [0.05, 0.1) is 16.8 Å². The molecular formula is C8H6F6N2O2S. The van der Waals surface area contributed by atoms with E-state index in [1.54, 1.807) is 0 Å². The number of halogens is 6. The molecular weight excluding hydrogens is 302 g/mol. The van der Waals surface area contributed by atoms with E-state index in [1.165, 1.54) is 0 Å². The molecule has 0 aromatic heterocycles. The summed E-state index contributed by atoms with van der Waals surface area (Å²) in [6.45, 7) is 0. The van der Waals surface area contributed by atoms with Gasteiger partial charge in [-0.15, -0.1) is 0 Å². The molecule has 0 fully saturated rings. The minimum atomic E-state index is -5.40. The summed E-state index contributed by atoms with van der Waals surface area (Å²) < 4.78 is 96.7. The van der Waals surface area contributed by atoms with Crippen LogP contribution < -0.4 is 10.9 Å². The maximum atomic E-state index is 12.5. The van der Waals surface area contributed by atoms with E-state index in [4.69, 9.17) is 5.73 Å². The predicted octanol–water partition coefficient (Wildman–Crippen LogP) is 1.95. The van der Waals surface area contributed by atoms with Crippen LogP contribution in [-0.4, -0.2) is 8.42 Å². The van der Waals surface area contributed by atoms with Crippen LogP contribution in [0, 0.1) is 0 Å². The van der Waals surface area contributed by atoms with Gasteiger partial charge in [-0.1, -0.05) is 0 Å². The largest absolute Gasteiger partial charge is 0.417 e. The van der Waals surface area contributed by atoms with Crippen LogP contribution in [0.5, 0.6) is 0 Å². The number of anilines is 1. The first-order chi connectivity index (χ1) is 8.24. The van der Waals surface area contributed by atoms with Gasteiger partial charge in [-0.25, -0.2) is 13.6 Å². The van der Waals surface area contributed by atoms with E-state index in [0.717, 1.165) is 0 Å². The number of nitrogen functional groups attached to an aromatic ring is 1. The third kappa shape index (κ3) is 3.29. The highest BCUT2D eigenvalue weighted by molar-refractivity contribution is 7.89. The lowest BCUT2D eigenvalue weighted by atomic mass is 10.1. The quantitative estimate of drug-likeness (QED) is 0.614. The first-order valence-corrected chi connectivity index (χ1v) is 5.90. The molecule has 0 bridgehead atoms. The van der Waals surface area contributed by atoms with Crippen LogP contribution in [0.15, 0.2) is 17.0 Å². The molecule has 0 aliphatic heterocycles. The molecule has 108 valence electrons. The molecule has 0 radical (unpaired) electrons. The molecule has 0 atom stereocenters. The van der Waals surface area contributed by atoms with Crippen LogP contribution in [0.2, 0.25) is 0 Å². The second-order valence-electron chi connectivity index (χ2n) is 3.48. The number of rotatable bonds is 1. The zero-order valence-corrected chi connectivity index (χ0v) is 9.62. The molecule has 0 aliphatic rings. The van der Waals surface area contributed by atoms with Gasteiger partial charge in [0.25, 0.3) is 0 Å². The Bertz CT molecular complexity index is 605. The maximum Gasteiger partial charge on any atom is 0.417 e. The molecule has 1 rings (SSSR count). The van der Waals surface area contributed by atoms with Crippen molar-refractivity contribution in [3.63, 3.8) is 0 Å². The highest BCUT2D eigenvalue weighted by Crippen LogP contribution is 2.42. The highest BCUT2D eigenvalue weighted by atomic mass is 32.2. The third-order valence-electron chi connectivity index (χ3n) is 2.07.